The summed E-state index contributed by atoms with van der Waals surface area (Å²) in [7, 11) is 0. The molecule has 3 aromatic rings. The van der Waals surface area contributed by atoms with Crippen LogP contribution in [0.4, 0.5) is 11.5 Å². The number of benzene rings is 2. The molecule has 0 aliphatic carbocycles. The monoisotopic (exact) mass is 429 g/mol. The van der Waals surface area contributed by atoms with E-state index < -0.39 is 0 Å². The van der Waals surface area contributed by atoms with Crippen molar-refractivity contribution in [1.82, 2.24) is 4.98 Å². The maximum Gasteiger partial charge on any atom is 0.265 e. The van der Waals surface area contributed by atoms with Gasteiger partial charge >= 0.3 is 0 Å². The van der Waals surface area contributed by atoms with Crippen LogP contribution in [-0.4, -0.2) is 36.4 Å². The third kappa shape index (κ3) is 5.43. The summed E-state index contributed by atoms with van der Waals surface area (Å²) in [6, 6.07) is 21.3. The lowest BCUT2D eigenvalue weighted by molar-refractivity contribution is -0.120. The second-order valence-corrected chi connectivity index (χ2v) is 7.66. The number of carbonyl (C=O) groups excluding carboxylic acids is 1. The zero-order valence-corrected chi connectivity index (χ0v) is 17.9. The van der Waals surface area contributed by atoms with Crippen LogP contribution in [0.1, 0.15) is 24.8 Å². The zero-order chi connectivity index (χ0) is 22.2. The van der Waals surface area contributed by atoms with E-state index in [1.807, 2.05) is 66.7 Å². The fraction of sp³-hybridized carbons (Fsp3) is 0.240. The van der Waals surface area contributed by atoms with Crippen LogP contribution in [0.25, 0.3) is 11.1 Å². The number of aromatic nitrogens is 1. The maximum absolute atomic E-state index is 12.4. The van der Waals surface area contributed by atoms with Crippen molar-refractivity contribution in [1.29, 1.82) is 0 Å². The van der Waals surface area contributed by atoms with Gasteiger partial charge in [0, 0.05) is 36.1 Å². The Bertz CT molecular complexity index is 1060. The van der Waals surface area contributed by atoms with Crippen LogP contribution in [0, 0.1) is 0 Å². The van der Waals surface area contributed by atoms with Gasteiger partial charge in [0.2, 0.25) is 0 Å². The summed E-state index contributed by atoms with van der Waals surface area (Å²) in [5.74, 6) is 0.808. The molecule has 1 aliphatic rings. The highest BCUT2D eigenvalue weighted by molar-refractivity contribution is 5.98. The molecule has 0 radical (unpaired) electrons. The van der Waals surface area contributed by atoms with Crippen molar-refractivity contribution in [3.05, 3.63) is 78.5 Å². The number of rotatable bonds is 7. The smallest absolute Gasteiger partial charge is 0.265 e. The molecule has 0 saturated carbocycles. The molecule has 1 amide bonds. The first-order chi connectivity index (χ1) is 15.7. The number of anilines is 2. The van der Waals surface area contributed by atoms with Gasteiger partial charge in [0.05, 0.1) is 0 Å². The Morgan fingerprint density at radius 1 is 1.00 bits per heavy atom. The molecular formula is C25H27N5O2. The average Bonchev–Trinajstić information content (AvgIpc) is 2.85. The van der Waals surface area contributed by atoms with E-state index in [0.29, 0.717) is 11.3 Å². The van der Waals surface area contributed by atoms with Crippen molar-refractivity contribution >= 4 is 23.2 Å². The van der Waals surface area contributed by atoms with E-state index in [4.69, 9.17) is 10.6 Å². The number of amidine groups is 1. The summed E-state index contributed by atoms with van der Waals surface area (Å²) in [4.78, 5) is 24.3. The highest BCUT2D eigenvalue weighted by Crippen LogP contribution is 2.27. The molecule has 1 saturated heterocycles. The lowest BCUT2D eigenvalue weighted by Crippen LogP contribution is -2.30. The fourth-order valence-corrected chi connectivity index (χ4v) is 3.71. The quantitative estimate of drug-likeness (QED) is 0.336. The van der Waals surface area contributed by atoms with E-state index in [2.05, 4.69) is 20.4 Å². The summed E-state index contributed by atoms with van der Waals surface area (Å²) in [6.45, 7) is 1.81. The van der Waals surface area contributed by atoms with Crippen molar-refractivity contribution in [2.75, 3.05) is 29.9 Å². The van der Waals surface area contributed by atoms with E-state index in [0.717, 1.165) is 30.0 Å². The number of pyridine rings is 1. The average molecular weight is 430 g/mol. The highest BCUT2D eigenvalue weighted by Gasteiger charge is 2.12. The van der Waals surface area contributed by atoms with Crippen molar-refractivity contribution in [2.24, 2.45) is 10.9 Å². The number of hydrogen-bond acceptors (Lipinski definition) is 5. The highest BCUT2D eigenvalue weighted by atomic mass is 16.6. The van der Waals surface area contributed by atoms with Gasteiger partial charge in [0.1, 0.15) is 5.82 Å². The van der Waals surface area contributed by atoms with Crippen LogP contribution in [0.2, 0.25) is 0 Å². The van der Waals surface area contributed by atoms with E-state index >= 15 is 0 Å². The van der Waals surface area contributed by atoms with E-state index in [-0.39, 0.29) is 18.3 Å². The van der Waals surface area contributed by atoms with Gasteiger partial charge in [-0.1, -0.05) is 53.7 Å². The van der Waals surface area contributed by atoms with Gasteiger partial charge in [-0.3, -0.25) is 4.79 Å². The van der Waals surface area contributed by atoms with Gasteiger partial charge < -0.3 is 20.8 Å². The zero-order valence-electron chi connectivity index (χ0n) is 17.9. The lowest BCUT2D eigenvalue weighted by atomic mass is 10.0. The summed E-state index contributed by atoms with van der Waals surface area (Å²) >= 11 is 0. The number of carbonyl (C=O) groups is 1. The van der Waals surface area contributed by atoms with Crippen LogP contribution >= 0.6 is 0 Å². The van der Waals surface area contributed by atoms with Crippen LogP contribution in [0.3, 0.4) is 0 Å². The third-order valence-electron chi connectivity index (χ3n) is 5.37. The predicted molar refractivity (Wildman–Crippen MR) is 127 cm³/mol. The summed E-state index contributed by atoms with van der Waals surface area (Å²) in [6.07, 6.45) is 5.34. The van der Waals surface area contributed by atoms with E-state index in [1.165, 1.54) is 19.3 Å². The molecule has 2 heterocycles. The van der Waals surface area contributed by atoms with Crippen molar-refractivity contribution in [2.45, 2.75) is 19.3 Å². The molecule has 2 aromatic carbocycles. The Hall–Kier alpha value is -3.87. The molecule has 0 spiro atoms. The normalized spacial score (nSPS) is 14.1. The summed E-state index contributed by atoms with van der Waals surface area (Å²) in [5.41, 5.74) is 9.32. The Kier molecular flexibility index (Phi) is 6.97. The first kappa shape index (κ1) is 21.4. The number of piperidine rings is 1. The summed E-state index contributed by atoms with van der Waals surface area (Å²) < 4.78 is 0. The SMILES string of the molecule is N/C(=N\OCC(=O)Nc1ccccc1-c1ccccc1)c1ccc(N2CCCCC2)nc1. The molecule has 1 fully saturated rings. The van der Waals surface area contributed by atoms with Crippen LogP contribution in [0.15, 0.2) is 78.1 Å². The predicted octanol–water partition coefficient (Wildman–Crippen LogP) is 4.01. The maximum atomic E-state index is 12.4. The van der Waals surface area contributed by atoms with Gasteiger partial charge in [-0.15, -0.1) is 0 Å². The first-order valence-corrected chi connectivity index (χ1v) is 10.8. The molecule has 1 aliphatic heterocycles. The second-order valence-electron chi connectivity index (χ2n) is 7.66. The standard InChI is InChI=1S/C25H27N5O2/c26-25(20-13-14-23(27-17-20)30-15-7-2-8-16-30)29-32-18-24(31)28-22-12-6-5-11-21(22)19-9-3-1-4-10-19/h1,3-6,9-14,17H,2,7-8,15-16,18H2,(H2,26,29)(H,28,31). The van der Waals surface area contributed by atoms with Gasteiger partial charge in [-0.05, 0) is 43.0 Å². The molecule has 0 atom stereocenters. The Morgan fingerprint density at radius 2 is 1.75 bits per heavy atom. The second kappa shape index (κ2) is 10.4. The lowest BCUT2D eigenvalue weighted by Gasteiger charge is -2.27. The molecule has 7 nitrogen and oxygen atoms in total. The molecule has 1 aromatic heterocycles. The topological polar surface area (TPSA) is 92.8 Å². The van der Waals surface area contributed by atoms with Crippen molar-refractivity contribution in [3.63, 3.8) is 0 Å². The number of para-hydroxylation sites is 1. The first-order valence-electron chi connectivity index (χ1n) is 10.8. The van der Waals surface area contributed by atoms with Gasteiger partial charge in [-0.25, -0.2) is 4.98 Å². The molecule has 7 heteroatoms. The van der Waals surface area contributed by atoms with Crippen LogP contribution in [0.5, 0.6) is 0 Å². The minimum absolute atomic E-state index is 0.181. The molecule has 32 heavy (non-hydrogen) atoms. The Balaban J connectivity index is 1.33. The van der Waals surface area contributed by atoms with Crippen molar-refractivity contribution < 1.29 is 9.63 Å². The molecule has 0 bridgehead atoms. The molecular weight excluding hydrogens is 402 g/mol. The molecule has 0 unspecified atom stereocenters. The number of oxime groups is 1. The Morgan fingerprint density at radius 3 is 2.50 bits per heavy atom. The van der Waals surface area contributed by atoms with Crippen molar-refractivity contribution in [3.8, 4) is 11.1 Å². The summed E-state index contributed by atoms with van der Waals surface area (Å²) in [5, 5.41) is 6.75. The number of nitrogens with two attached hydrogens (primary N) is 1. The largest absolute Gasteiger partial charge is 0.384 e. The molecule has 164 valence electrons. The van der Waals surface area contributed by atoms with Crippen LogP contribution < -0.4 is 16.0 Å². The fourth-order valence-electron chi connectivity index (χ4n) is 3.71. The Labute approximate surface area is 187 Å². The van der Waals surface area contributed by atoms with Gasteiger partial charge in [0.15, 0.2) is 12.4 Å². The number of hydrogen-bond donors (Lipinski definition) is 2. The number of nitrogens with one attached hydrogen (secondary N) is 1. The third-order valence-corrected chi connectivity index (χ3v) is 5.37. The van der Waals surface area contributed by atoms with E-state index in [9.17, 15) is 4.79 Å². The number of nitrogens with zero attached hydrogens (tertiary/aromatic N) is 3. The minimum Gasteiger partial charge on any atom is -0.384 e. The molecule has 4 rings (SSSR count). The van der Waals surface area contributed by atoms with Crippen LogP contribution in [-0.2, 0) is 9.63 Å². The van der Waals surface area contributed by atoms with E-state index in [1.54, 1.807) is 6.20 Å². The number of amides is 1. The van der Waals surface area contributed by atoms with Gasteiger partial charge in [0.25, 0.3) is 5.91 Å². The van der Waals surface area contributed by atoms with Gasteiger partial charge in [-0.2, -0.15) is 0 Å². The minimum atomic E-state index is -0.316. The molecule has 3 N–H and O–H groups in total.